The summed E-state index contributed by atoms with van der Waals surface area (Å²) in [5.41, 5.74) is 6.95. The van der Waals surface area contributed by atoms with Gasteiger partial charge in [-0.15, -0.1) is 0 Å². The summed E-state index contributed by atoms with van der Waals surface area (Å²) >= 11 is 4.61. The van der Waals surface area contributed by atoms with Gasteiger partial charge in [0.15, 0.2) is 10.9 Å². The predicted octanol–water partition coefficient (Wildman–Crippen LogP) is 4.59. The van der Waals surface area contributed by atoms with E-state index >= 15 is 0 Å². The summed E-state index contributed by atoms with van der Waals surface area (Å²) in [5, 5.41) is 3.30. The average molecular weight is 355 g/mol. The summed E-state index contributed by atoms with van der Waals surface area (Å²) in [6.45, 7) is 3.09. The van der Waals surface area contributed by atoms with Crippen molar-refractivity contribution in [1.29, 1.82) is 0 Å². The molecule has 0 unspecified atom stereocenters. The largest absolute Gasteiger partial charge is 0.376 e. The Kier molecular flexibility index (Phi) is 10.6. The van der Waals surface area contributed by atoms with E-state index in [2.05, 4.69) is 24.5 Å². The fourth-order valence-corrected chi connectivity index (χ4v) is 2.12. The average Bonchev–Trinajstić information content (AvgIpc) is 2.65. The van der Waals surface area contributed by atoms with Gasteiger partial charge in [-0.05, 0) is 30.3 Å². The van der Waals surface area contributed by atoms with Crippen molar-refractivity contribution in [3.63, 3.8) is 0 Å². The quantitative estimate of drug-likeness (QED) is 0.330. The van der Waals surface area contributed by atoms with E-state index in [1.807, 2.05) is 66.7 Å². The number of benzene rings is 2. The lowest BCUT2D eigenvalue weighted by Gasteiger charge is -2.00. The van der Waals surface area contributed by atoms with Crippen molar-refractivity contribution in [2.24, 2.45) is 5.73 Å². The highest BCUT2D eigenvalue weighted by atomic mass is 32.1. The molecule has 0 aliphatic rings. The molecule has 0 aromatic heterocycles. The smallest absolute Gasteiger partial charge is 0.185 e. The Morgan fingerprint density at radius 1 is 1.04 bits per heavy atom. The van der Waals surface area contributed by atoms with Crippen molar-refractivity contribution >= 4 is 29.2 Å². The minimum Gasteiger partial charge on any atom is -0.376 e. The number of allylic oxidation sites excluding steroid dienone is 1. The van der Waals surface area contributed by atoms with Crippen LogP contribution in [0.25, 0.3) is 6.08 Å². The van der Waals surface area contributed by atoms with Crippen LogP contribution < -0.4 is 11.1 Å². The Morgan fingerprint density at radius 3 is 2.20 bits per heavy atom. The van der Waals surface area contributed by atoms with Gasteiger partial charge in [-0.3, -0.25) is 4.79 Å². The maximum Gasteiger partial charge on any atom is 0.185 e. The SMILES string of the molecule is CCCCCNC(N)=S.O=C(C=Cc1ccccc1)c1ccccc1. The number of unbranched alkanes of at least 4 members (excludes halogenated alkanes) is 2. The van der Waals surface area contributed by atoms with Crippen LogP contribution in [0.5, 0.6) is 0 Å². The third-order valence-corrected chi connectivity index (χ3v) is 3.51. The summed E-state index contributed by atoms with van der Waals surface area (Å²) in [7, 11) is 0. The van der Waals surface area contributed by atoms with Gasteiger partial charge in [0, 0.05) is 12.1 Å². The molecule has 0 bridgehead atoms. The normalized spacial score (nSPS) is 9.96. The number of carbonyl (C=O) groups excluding carboxylic acids is 1. The van der Waals surface area contributed by atoms with Gasteiger partial charge in [-0.1, -0.05) is 86.5 Å². The monoisotopic (exact) mass is 354 g/mol. The van der Waals surface area contributed by atoms with Gasteiger partial charge in [0.05, 0.1) is 0 Å². The van der Waals surface area contributed by atoms with Crippen molar-refractivity contribution in [1.82, 2.24) is 5.32 Å². The molecular weight excluding hydrogens is 328 g/mol. The molecular formula is C21H26N2OS. The Labute approximate surface area is 155 Å². The van der Waals surface area contributed by atoms with Crippen LogP contribution >= 0.6 is 12.2 Å². The highest BCUT2D eigenvalue weighted by Crippen LogP contribution is 2.05. The lowest BCUT2D eigenvalue weighted by atomic mass is 10.1. The number of ketones is 1. The van der Waals surface area contributed by atoms with Gasteiger partial charge in [0.1, 0.15) is 0 Å². The van der Waals surface area contributed by atoms with Crippen LogP contribution in [0.2, 0.25) is 0 Å². The first-order valence-electron chi connectivity index (χ1n) is 8.49. The maximum atomic E-state index is 11.7. The summed E-state index contributed by atoms with van der Waals surface area (Å²) in [4.78, 5) is 11.7. The molecule has 2 aromatic rings. The van der Waals surface area contributed by atoms with Crippen LogP contribution in [-0.4, -0.2) is 17.4 Å². The molecule has 0 fully saturated rings. The minimum atomic E-state index is 0.0319. The van der Waals surface area contributed by atoms with E-state index in [4.69, 9.17) is 5.73 Å². The van der Waals surface area contributed by atoms with Crippen LogP contribution in [0.3, 0.4) is 0 Å². The fraction of sp³-hybridized carbons (Fsp3) is 0.238. The van der Waals surface area contributed by atoms with Crippen LogP contribution in [0.4, 0.5) is 0 Å². The van der Waals surface area contributed by atoms with E-state index in [9.17, 15) is 4.79 Å². The maximum absolute atomic E-state index is 11.7. The zero-order valence-electron chi connectivity index (χ0n) is 14.7. The molecule has 25 heavy (non-hydrogen) atoms. The number of hydrogen-bond acceptors (Lipinski definition) is 2. The molecule has 0 aliphatic heterocycles. The Bertz CT molecular complexity index is 654. The Balaban J connectivity index is 0.000000299. The number of rotatable bonds is 7. The van der Waals surface area contributed by atoms with E-state index in [0.717, 1.165) is 24.1 Å². The summed E-state index contributed by atoms with van der Waals surface area (Å²) in [6, 6.07) is 19.1. The predicted molar refractivity (Wildman–Crippen MR) is 111 cm³/mol. The summed E-state index contributed by atoms with van der Waals surface area (Å²) in [6.07, 6.45) is 7.07. The molecule has 0 amide bonds. The van der Waals surface area contributed by atoms with Gasteiger partial charge >= 0.3 is 0 Å². The molecule has 132 valence electrons. The molecule has 4 heteroatoms. The number of nitrogens with one attached hydrogen (secondary N) is 1. The molecule has 0 saturated carbocycles. The van der Waals surface area contributed by atoms with E-state index in [1.54, 1.807) is 6.08 Å². The van der Waals surface area contributed by atoms with Crippen LogP contribution in [0.15, 0.2) is 66.7 Å². The van der Waals surface area contributed by atoms with Crippen LogP contribution in [-0.2, 0) is 0 Å². The van der Waals surface area contributed by atoms with Crippen molar-refractivity contribution in [3.8, 4) is 0 Å². The first-order valence-corrected chi connectivity index (χ1v) is 8.90. The summed E-state index contributed by atoms with van der Waals surface area (Å²) < 4.78 is 0. The van der Waals surface area contributed by atoms with Gasteiger partial charge in [0.2, 0.25) is 0 Å². The zero-order chi connectivity index (χ0) is 18.3. The van der Waals surface area contributed by atoms with Gasteiger partial charge in [-0.25, -0.2) is 0 Å². The van der Waals surface area contributed by atoms with Crippen molar-refractivity contribution in [2.45, 2.75) is 26.2 Å². The molecule has 0 atom stereocenters. The first-order chi connectivity index (χ1) is 12.1. The fourth-order valence-electron chi connectivity index (χ4n) is 2.02. The third kappa shape index (κ3) is 10.1. The molecule has 0 spiro atoms. The Morgan fingerprint density at radius 2 is 1.64 bits per heavy atom. The standard InChI is InChI=1S/C15H12O.C6H14N2S/c16-15(14-9-5-2-6-10-14)12-11-13-7-3-1-4-8-13;1-2-3-4-5-8-6(7)9/h1-12H;2-5H2,1H3,(H3,7,8,9). The molecule has 0 radical (unpaired) electrons. The second kappa shape index (κ2) is 12.9. The Hall–Kier alpha value is -2.46. The first kappa shape index (κ1) is 20.6. The number of thiocarbonyl (C=S) groups is 1. The van der Waals surface area contributed by atoms with Gasteiger partial charge < -0.3 is 11.1 Å². The molecule has 0 saturated heterocycles. The van der Waals surface area contributed by atoms with Crippen LogP contribution in [0.1, 0.15) is 42.1 Å². The second-order valence-electron chi connectivity index (χ2n) is 5.47. The van der Waals surface area contributed by atoms with E-state index in [-0.39, 0.29) is 5.78 Å². The van der Waals surface area contributed by atoms with Crippen molar-refractivity contribution < 1.29 is 4.79 Å². The van der Waals surface area contributed by atoms with Crippen LogP contribution in [0, 0.1) is 0 Å². The zero-order valence-corrected chi connectivity index (χ0v) is 15.5. The molecule has 2 aromatic carbocycles. The lowest BCUT2D eigenvalue weighted by Crippen LogP contribution is -2.29. The second-order valence-corrected chi connectivity index (χ2v) is 5.91. The topological polar surface area (TPSA) is 55.1 Å². The number of carbonyl (C=O) groups is 1. The van der Waals surface area contributed by atoms with E-state index < -0.39 is 0 Å². The van der Waals surface area contributed by atoms with Gasteiger partial charge in [-0.2, -0.15) is 0 Å². The molecule has 3 N–H and O–H groups in total. The molecule has 2 rings (SSSR count). The van der Waals surface area contributed by atoms with Crippen molar-refractivity contribution in [3.05, 3.63) is 77.9 Å². The molecule has 0 heterocycles. The number of hydrogen-bond donors (Lipinski definition) is 2. The van der Waals surface area contributed by atoms with E-state index in [0.29, 0.717) is 5.11 Å². The lowest BCUT2D eigenvalue weighted by molar-refractivity contribution is 0.104. The van der Waals surface area contributed by atoms with Gasteiger partial charge in [0.25, 0.3) is 0 Å². The highest BCUT2D eigenvalue weighted by molar-refractivity contribution is 7.80. The molecule has 0 aliphatic carbocycles. The third-order valence-electron chi connectivity index (χ3n) is 3.36. The number of nitrogens with two attached hydrogens (primary N) is 1. The summed E-state index contributed by atoms with van der Waals surface area (Å²) in [5.74, 6) is 0.0319. The van der Waals surface area contributed by atoms with E-state index in [1.165, 1.54) is 12.8 Å². The molecule has 3 nitrogen and oxygen atoms in total. The highest BCUT2D eigenvalue weighted by Gasteiger charge is 1.98. The minimum absolute atomic E-state index is 0.0319. The van der Waals surface area contributed by atoms with Crippen molar-refractivity contribution in [2.75, 3.05) is 6.54 Å².